The van der Waals surface area contributed by atoms with Gasteiger partial charge in [-0.2, -0.15) is 8.42 Å². The van der Waals surface area contributed by atoms with E-state index in [4.69, 9.17) is 14.3 Å². The van der Waals surface area contributed by atoms with Gasteiger partial charge >= 0.3 is 6.09 Å². The summed E-state index contributed by atoms with van der Waals surface area (Å²) in [5, 5.41) is 9.89. The van der Waals surface area contributed by atoms with Gasteiger partial charge in [0.1, 0.15) is 5.82 Å². The van der Waals surface area contributed by atoms with E-state index in [-0.39, 0.29) is 16.4 Å². The minimum atomic E-state index is -4.02. The minimum Gasteiger partial charge on any atom is -0.448 e. The molecule has 3 N–H and O–H groups in total. The van der Waals surface area contributed by atoms with Crippen LogP contribution < -0.4 is 4.72 Å². The molecule has 0 aliphatic carbocycles. The molecule has 0 radical (unpaired) electrons. The number of sulfonamides is 1. The van der Waals surface area contributed by atoms with Crippen LogP contribution in [0.5, 0.6) is 0 Å². The lowest BCUT2D eigenvalue weighted by atomic mass is 10.1. The predicted octanol–water partition coefficient (Wildman–Crippen LogP) is 5.85. The second-order valence-electron chi connectivity index (χ2n) is 10.9. The highest BCUT2D eigenvalue weighted by Crippen LogP contribution is 2.25. The van der Waals surface area contributed by atoms with Gasteiger partial charge in [0.25, 0.3) is 20.1 Å². The van der Waals surface area contributed by atoms with Crippen LogP contribution in [0.4, 0.5) is 4.79 Å². The Morgan fingerprint density at radius 2 is 1.45 bits per heavy atom. The lowest BCUT2D eigenvalue weighted by molar-refractivity contribution is 0.154. The number of nitrogens with zero attached hydrogens (tertiary/aromatic N) is 2. The molecule has 0 aliphatic rings. The maximum atomic E-state index is 12.3. The molecule has 5 aromatic rings. The Bertz CT molecular complexity index is 2060. The Kier molecular flexibility index (Phi) is 11.2. The molecule has 0 saturated carbocycles. The number of fused-ring (bicyclic) bond motifs is 1. The number of hydrogen-bond donors (Lipinski definition) is 3. The summed E-state index contributed by atoms with van der Waals surface area (Å²) in [6, 6.07) is 25.8. The van der Waals surface area contributed by atoms with E-state index in [2.05, 4.69) is 4.57 Å². The van der Waals surface area contributed by atoms with Crippen LogP contribution >= 0.6 is 0 Å². The molecule has 1 aromatic heterocycles. The first-order valence-corrected chi connectivity index (χ1v) is 17.7. The van der Waals surface area contributed by atoms with Crippen molar-refractivity contribution in [1.82, 2.24) is 14.3 Å². The zero-order chi connectivity index (χ0) is 34.4. The number of carbonyl (C=O) groups is 1. The number of imidazole rings is 1. The molecular formula is C34H37N3O8S2. The number of aryl methyl sites for hydroxylation is 3. The molecule has 0 spiro atoms. The van der Waals surface area contributed by atoms with E-state index in [1.807, 2.05) is 68.0 Å². The van der Waals surface area contributed by atoms with Crippen molar-refractivity contribution in [2.45, 2.75) is 56.4 Å². The average Bonchev–Trinajstić information content (AvgIpc) is 3.39. The Hall–Kier alpha value is -4.56. The Balaban J connectivity index is 0.000000385. The van der Waals surface area contributed by atoms with Gasteiger partial charge in [0.05, 0.1) is 33.5 Å². The van der Waals surface area contributed by atoms with Crippen LogP contribution in [0.3, 0.4) is 0 Å². The maximum absolute atomic E-state index is 12.3. The van der Waals surface area contributed by atoms with Crippen LogP contribution in [-0.4, -0.2) is 48.7 Å². The van der Waals surface area contributed by atoms with Gasteiger partial charge in [-0.3, -0.25) is 9.12 Å². The highest BCUT2D eigenvalue weighted by Gasteiger charge is 2.18. The van der Waals surface area contributed by atoms with E-state index in [9.17, 15) is 26.7 Å². The normalized spacial score (nSPS) is 12.2. The largest absolute Gasteiger partial charge is 0.448 e. The van der Waals surface area contributed by atoms with Crippen molar-refractivity contribution in [2.75, 3.05) is 6.61 Å². The summed E-state index contributed by atoms with van der Waals surface area (Å²) in [5.41, 5.74) is 6.36. The van der Waals surface area contributed by atoms with Gasteiger partial charge in [0.2, 0.25) is 0 Å². The molecular weight excluding hydrogens is 643 g/mol. The monoisotopic (exact) mass is 679 g/mol. The molecule has 0 saturated heterocycles. The van der Waals surface area contributed by atoms with Crippen molar-refractivity contribution in [2.24, 2.45) is 0 Å². The number of amides is 1. The maximum Gasteiger partial charge on any atom is 0.421 e. The summed E-state index contributed by atoms with van der Waals surface area (Å²) in [7, 11) is -8.00. The smallest absolute Gasteiger partial charge is 0.421 e. The molecule has 13 heteroatoms. The van der Waals surface area contributed by atoms with E-state index in [1.54, 1.807) is 31.2 Å². The van der Waals surface area contributed by atoms with Crippen LogP contribution in [-0.2, 0) is 37.7 Å². The van der Waals surface area contributed by atoms with E-state index in [1.165, 1.54) is 24.3 Å². The van der Waals surface area contributed by atoms with E-state index in [0.29, 0.717) is 6.42 Å². The van der Waals surface area contributed by atoms with Gasteiger partial charge in [0.15, 0.2) is 0 Å². The van der Waals surface area contributed by atoms with Crippen molar-refractivity contribution >= 4 is 37.3 Å². The first kappa shape index (κ1) is 35.3. The number of aromatic nitrogens is 2. The lowest BCUT2D eigenvalue weighted by Crippen LogP contribution is -2.31. The molecule has 248 valence electrons. The van der Waals surface area contributed by atoms with Gasteiger partial charge in [-0.15, -0.1) is 0 Å². The molecule has 11 nitrogen and oxygen atoms in total. The van der Waals surface area contributed by atoms with E-state index < -0.39 is 32.3 Å². The number of rotatable bonds is 9. The standard InChI is InChI=1S/C27H29N3O5S.C7H8O3S/c1-4-26-28-24-17-21(19(3)31)9-14-25(24)30(26)22-10-7-20(8-11-22)15-16-35-27(32)29-36(33,34)23-12-5-18(2)6-13-23;1-6-2-4-7(5-3-6)11(8,9)10/h5-14,17,19,31H,4,15-16H2,1-3H3,(H,29,32);2-5H,1H3,(H,8,9,10). The SMILES string of the molecule is CCc1nc2cc(C(C)O)ccc2n1-c1ccc(CCOC(=O)NS(=O)(=O)c2ccc(C)cc2)cc1.Cc1ccc(S(=O)(=O)O)cc1. The molecule has 4 aromatic carbocycles. The molecule has 1 atom stereocenters. The third kappa shape index (κ3) is 9.26. The number of carbonyl (C=O) groups excluding carboxylic acids is 1. The number of hydrogen-bond acceptors (Lipinski definition) is 8. The Morgan fingerprint density at radius 1 is 0.872 bits per heavy atom. The highest BCUT2D eigenvalue weighted by molar-refractivity contribution is 7.90. The quantitative estimate of drug-likeness (QED) is 0.162. The molecule has 0 bridgehead atoms. The highest BCUT2D eigenvalue weighted by atomic mass is 32.2. The van der Waals surface area contributed by atoms with Crippen LogP contribution in [0.1, 0.15) is 48.0 Å². The molecule has 47 heavy (non-hydrogen) atoms. The first-order chi connectivity index (χ1) is 22.2. The minimum absolute atomic E-state index is 0.00112. The number of nitrogens with one attached hydrogen (secondary N) is 1. The van der Waals surface area contributed by atoms with Crippen molar-refractivity contribution < 1.29 is 36.0 Å². The summed E-state index contributed by atoms with van der Waals surface area (Å²) in [6.07, 6.45) is -0.395. The summed E-state index contributed by atoms with van der Waals surface area (Å²) in [6.45, 7) is 7.49. The second-order valence-corrected chi connectivity index (χ2v) is 14.0. The van der Waals surface area contributed by atoms with Crippen molar-refractivity contribution in [3.05, 3.63) is 119 Å². The van der Waals surface area contributed by atoms with Crippen LogP contribution in [0.2, 0.25) is 0 Å². The number of aliphatic hydroxyl groups excluding tert-OH is 1. The van der Waals surface area contributed by atoms with Crippen LogP contribution in [0, 0.1) is 13.8 Å². The molecule has 1 amide bonds. The Labute approximate surface area is 274 Å². The van der Waals surface area contributed by atoms with Crippen LogP contribution in [0.25, 0.3) is 16.7 Å². The Morgan fingerprint density at radius 3 is 1.98 bits per heavy atom. The first-order valence-electron chi connectivity index (χ1n) is 14.8. The topological polar surface area (TPSA) is 165 Å². The summed E-state index contributed by atoms with van der Waals surface area (Å²) in [4.78, 5) is 16.7. The van der Waals surface area contributed by atoms with E-state index >= 15 is 0 Å². The van der Waals surface area contributed by atoms with Crippen molar-refractivity contribution in [1.29, 1.82) is 0 Å². The molecule has 1 heterocycles. The summed E-state index contributed by atoms with van der Waals surface area (Å²) in [5.74, 6) is 0.912. The number of aliphatic hydroxyl groups is 1. The molecule has 0 aliphatic heterocycles. The summed E-state index contributed by atoms with van der Waals surface area (Å²) < 4.78 is 63.3. The van der Waals surface area contributed by atoms with Gasteiger partial charge < -0.3 is 9.84 Å². The fourth-order valence-electron chi connectivity index (χ4n) is 4.63. The van der Waals surface area contributed by atoms with Gasteiger partial charge in [0, 0.05) is 18.5 Å². The molecule has 1 unspecified atom stereocenters. The average molecular weight is 680 g/mol. The fraction of sp³-hybridized carbons (Fsp3) is 0.235. The predicted molar refractivity (Wildman–Crippen MR) is 179 cm³/mol. The van der Waals surface area contributed by atoms with E-state index in [0.717, 1.165) is 51.2 Å². The number of ether oxygens (including phenoxy) is 1. The van der Waals surface area contributed by atoms with Crippen LogP contribution in [0.15, 0.2) is 101 Å². The fourth-order valence-corrected chi connectivity index (χ4v) is 6.00. The van der Waals surface area contributed by atoms with Crippen molar-refractivity contribution in [3.8, 4) is 5.69 Å². The van der Waals surface area contributed by atoms with Gasteiger partial charge in [-0.1, -0.05) is 60.5 Å². The lowest BCUT2D eigenvalue weighted by Gasteiger charge is -2.11. The van der Waals surface area contributed by atoms with Gasteiger partial charge in [-0.05, 0) is 80.4 Å². The van der Waals surface area contributed by atoms with Gasteiger partial charge in [-0.25, -0.2) is 22.9 Å². The molecule has 5 rings (SSSR count). The zero-order valence-electron chi connectivity index (χ0n) is 26.4. The third-order valence-electron chi connectivity index (χ3n) is 7.23. The zero-order valence-corrected chi connectivity index (χ0v) is 28.0. The third-order valence-corrected chi connectivity index (χ3v) is 9.43. The summed E-state index contributed by atoms with van der Waals surface area (Å²) >= 11 is 0. The van der Waals surface area contributed by atoms with Crippen molar-refractivity contribution in [3.63, 3.8) is 0 Å². The second kappa shape index (κ2) is 14.9. The number of benzene rings is 4. The molecule has 0 fully saturated rings.